The first kappa shape index (κ1) is 23.5. The standard InChI is InChI=1S/C20H25FN6O4/c1-10(2)17(11(3)23-20(28)29)26-19-14(21)6-12(9-22)18(27-19)24-13-7-15(30-4)25-16(8-13)31-5/h6-8,10-11,17,23H,1-5H3,(H,28,29)(H2,24,25,26,27)/t11-,17-/m0/s1. The van der Waals surface area contributed by atoms with Crippen LogP contribution >= 0.6 is 0 Å². The lowest BCUT2D eigenvalue weighted by molar-refractivity contribution is 0.188. The van der Waals surface area contributed by atoms with Crippen LogP contribution in [0.2, 0.25) is 0 Å². The van der Waals surface area contributed by atoms with Crippen LogP contribution in [-0.2, 0) is 0 Å². The summed E-state index contributed by atoms with van der Waals surface area (Å²) in [6.45, 7) is 5.41. The Kier molecular flexibility index (Phi) is 7.79. The minimum atomic E-state index is -1.18. The van der Waals surface area contributed by atoms with E-state index in [-0.39, 0.29) is 34.9 Å². The fourth-order valence-corrected chi connectivity index (χ4v) is 2.98. The van der Waals surface area contributed by atoms with E-state index in [0.29, 0.717) is 5.69 Å². The number of ether oxygens (including phenoxy) is 2. The first-order chi connectivity index (χ1) is 14.7. The van der Waals surface area contributed by atoms with Crippen LogP contribution in [0.25, 0.3) is 0 Å². The van der Waals surface area contributed by atoms with E-state index in [1.165, 1.54) is 14.2 Å². The molecule has 0 aliphatic heterocycles. The number of hydrogen-bond acceptors (Lipinski definition) is 8. The Bertz CT molecular complexity index is 957. The van der Waals surface area contributed by atoms with Gasteiger partial charge in [-0.15, -0.1) is 0 Å². The van der Waals surface area contributed by atoms with E-state index in [1.807, 2.05) is 19.9 Å². The predicted molar refractivity (Wildman–Crippen MR) is 112 cm³/mol. The van der Waals surface area contributed by atoms with Crippen molar-refractivity contribution in [1.29, 1.82) is 5.26 Å². The maximum Gasteiger partial charge on any atom is 0.404 e. The number of nitriles is 1. The van der Waals surface area contributed by atoms with E-state index in [4.69, 9.17) is 14.6 Å². The highest BCUT2D eigenvalue weighted by Crippen LogP contribution is 2.28. The van der Waals surface area contributed by atoms with Crippen molar-refractivity contribution in [2.24, 2.45) is 5.92 Å². The number of aromatic nitrogens is 2. The van der Waals surface area contributed by atoms with Crippen LogP contribution in [-0.4, -0.2) is 47.5 Å². The molecule has 2 aromatic heterocycles. The number of nitrogens with zero attached hydrogens (tertiary/aromatic N) is 3. The number of methoxy groups -OCH3 is 2. The molecule has 31 heavy (non-hydrogen) atoms. The molecule has 10 nitrogen and oxygen atoms in total. The summed E-state index contributed by atoms with van der Waals surface area (Å²) in [5.41, 5.74) is 0.446. The van der Waals surface area contributed by atoms with E-state index in [2.05, 4.69) is 25.9 Å². The number of nitrogens with one attached hydrogen (secondary N) is 3. The summed E-state index contributed by atoms with van der Waals surface area (Å²) >= 11 is 0. The number of pyridine rings is 2. The third-order valence-electron chi connectivity index (χ3n) is 4.47. The van der Waals surface area contributed by atoms with Gasteiger partial charge in [0.05, 0.1) is 25.5 Å². The molecule has 166 valence electrons. The topological polar surface area (TPSA) is 141 Å². The van der Waals surface area contributed by atoms with Crippen molar-refractivity contribution in [3.63, 3.8) is 0 Å². The van der Waals surface area contributed by atoms with Crippen molar-refractivity contribution in [3.8, 4) is 17.8 Å². The molecule has 1 amide bonds. The van der Waals surface area contributed by atoms with Gasteiger partial charge in [0.1, 0.15) is 6.07 Å². The van der Waals surface area contributed by atoms with E-state index < -0.39 is 24.0 Å². The van der Waals surface area contributed by atoms with Crippen molar-refractivity contribution in [1.82, 2.24) is 15.3 Å². The molecule has 0 aliphatic carbocycles. The molecule has 0 aromatic carbocycles. The van der Waals surface area contributed by atoms with Crippen molar-refractivity contribution < 1.29 is 23.8 Å². The number of amides is 1. The van der Waals surface area contributed by atoms with Gasteiger partial charge in [-0.3, -0.25) is 0 Å². The Hall–Kier alpha value is -3.81. The molecule has 2 aromatic rings. The lowest BCUT2D eigenvalue weighted by Gasteiger charge is -2.29. The lowest BCUT2D eigenvalue weighted by Crippen LogP contribution is -2.47. The molecule has 0 saturated heterocycles. The Balaban J connectivity index is 2.41. The Morgan fingerprint density at radius 2 is 1.74 bits per heavy atom. The zero-order valence-electron chi connectivity index (χ0n) is 17.9. The first-order valence-electron chi connectivity index (χ1n) is 9.42. The van der Waals surface area contributed by atoms with Gasteiger partial charge in [0, 0.05) is 24.2 Å². The van der Waals surface area contributed by atoms with Gasteiger partial charge < -0.3 is 30.5 Å². The third kappa shape index (κ3) is 6.08. The lowest BCUT2D eigenvalue weighted by atomic mass is 9.97. The molecule has 2 rings (SSSR count). The summed E-state index contributed by atoms with van der Waals surface area (Å²) in [6, 6.07) is 5.11. The predicted octanol–water partition coefficient (Wildman–Crippen LogP) is 3.34. The molecule has 0 saturated carbocycles. The maximum atomic E-state index is 14.7. The molecule has 4 N–H and O–H groups in total. The highest BCUT2D eigenvalue weighted by molar-refractivity contribution is 5.67. The largest absolute Gasteiger partial charge is 0.481 e. The van der Waals surface area contributed by atoms with Crippen LogP contribution in [0.1, 0.15) is 26.3 Å². The fourth-order valence-electron chi connectivity index (χ4n) is 2.98. The van der Waals surface area contributed by atoms with E-state index in [9.17, 15) is 14.4 Å². The highest BCUT2D eigenvalue weighted by atomic mass is 19.1. The summed E-state index contributed by atoms with van der Waals surface area (Å²) in [5.74, 6) is -0.261. The van der Waals surface area contributed by atoms with Gasteiger partial charge in [0.2, 0.25) is 11.8 Å². The van der Waals surface area contributed by atoms with Crippen LogP contribution in [0.3, 0.4) is 0 Å². The van der Waals surface area contributed by atoms with Gasteiger partial charge in [0.15, 0.2) is 17.5 Å². The highest BCUT2D eigenvalue weighted by Gasteiger charge is 2.25. The summed E-state index contributed by atoms with van der Waals surface area (Å²) < 4.78 is 24.9. The van der Waals surface area contributed by atoms with Gasteiger partial charge in [-0.25, -0.2) is 14.2 Å². The molecule has 0 radical (unpaired) electrons. The number of anilines is 3. The smallest absolute Gasteiger partial charge is 0.404 e. The average Bonchev–Trinajstić information content (AvgIpc) is 2.72. The van der Waals surface area contributed by atoms with Crippen LogP contribution in [0.15, 0.2) is 18.2 Å². The van der Waals surface area contributed by atoms with Gasteiger partial charge in [-0.2, -0.15) is 10.2 Å². The van der Waals surface area contributed by atoms with E-state index in [0.717, 1.165) is 6.07 Å². The number of carboxylic acid groups (broad SMARTS) is 1. The van der Waals surface area contributed by atoms with Gasteiger partial charge >= 0.3 is 6.09 Å². The monoisotopic (exact) mass is 432 g/mol. The molecule has 0 spiro atoms. The fraction of sp³-hybridized carbons (Fsp3) is 0.400. The molecule has 11 heteroatoms. The molecular formula is C20H25FN6O4. The van der Waals surface area contributed by atoms with Crippen molar-refractivity contribution in [2.75, 3.05) is 24.9 Å². The quantitative estimate of drug-likeness (QED) is 0.469. The molecule has 0 unspecified atom stereocenters. The minimum absolute atomic E-state index is 0.0180. The van der Waals surface area contributed by atoms with E-state index >= 15 is 0 Å². The number of hydrogen-bond donors (Lipinski definition) is 4. The number of halogens is 1. The second-order valence-electron chi connectivity index (χ2n) is 7.04. The van der Waals surface area contributed by atoms with Crippen LogP contribution in [0.5, 0.6) is 11.8 Å². The molecule has 0 aliphatic rings. The minimum Gasteiger partial charge on any atom is -0.481 e. The normalized spacial score (nSPS) is 12.5. The van der Waals surface area contributed by atoms with Crippen molar-refractivity contribution >= 4 is 23.4 Å². The van der Waals surface area contributed by atoms with Gasteiger partial charge in [-0.05, 0) is 18.9 Å². The zero-order chi connectivity index (χ0) is 23.1. The Morgan fingerprint density at radius 3 is 2.23 bits per heavy atom. The molecule has 0 bridgehead atoms. The summed E-state index contributed by atoms with van der Waals surface area (Å²) in [5, 5.41) is 26.7. The molecular weight excluding hydrogens is 407 g/mol. The summed E-state index contributed by atoms with van der Waals surface area (Å²) in [4.78, 5) is 19.3. The van der Waals surface area contributed by atoms with Gasteiger partial charge in [-0.1, -0.05) is 13.8 Å². The van der Waals surface area contributed by atoms with E-state index in [1.54, 1.807) is 19.1 Å². The summed E-state index contributed by atoms with van der Waals surface area (Å²) in [6.07, 6.45) is -1.18. The molecule has 2 heterocycles. The SMILES string of the molecule is COc1cc(Nc2nc(N[C@@H](C(C)C)[C@H](C)NC(=O)O)c(F)cc2C#N)cc(OC)n1. The second-order valence-corrected chi connectivity index (χ2v) is 7.04. The molecule has 2 atom stereocenters. The summed E-state index contributed by atoms with van der Waals surface area (Å²) in [7, 11) is 2.89. The van der Waals surface area contributed by atoms with Crippen LogP contribution in [0.4, 0.5) is 26.5 Å². The van der Waals surface area contributed by atoms with Crippen LogP contribution in [0, 0.1) is 23.1 Å². The van der Waals surface area contributed by atoms with Gasteiger partial charge in [0.25, 0.3) is 0 Å². The van der Waals surface area contributed by atoms with Crippen molar-refractivity contribution in [3.05, 3.63) is 29.6 Å². The average molecular weight is 432 g/mol. The zero-order valence-corrected chi connectivity index (χ0v) is 17.9. The Morgan fingerprint density at radius 1 is 1.13 bits per heavy atom. The van der Waals surface area contributed by atoms with Crippen LogP contribution < -0.4 is 25.4 Å². The second kappa shape index (κ2) is 10.3. The van der Waals surface area contributed by atoms with Crippen molar-refractivity contribution in [2.45, 2.75) is 32.9 Å². The first-order valence-corrected chi connectivity index (χ1v) is 9.42. The molecule has 0 fully saturated rings. The maximum absolute atomic E-state index is 14.7. The number of carbonyl (C=O) groups is 1. The number of rotatable bonds is 9. The third-order valence-corrected chi connectivity index (χ3v) is 4.47. The Labute approximate surface area is 179 Å².